The summed E-state index contributed by atoms with van der Waals surface area (Å²) < 4.78 is 39.4. The van der Waals surface area contributed by atoms with E-state index in [9.17, 15) is 0 Å². The largest absolute Gasteiger partial charge is 0.332 e. The van der Waals surface area contributed by atoms with Gasteiger partial charge < -0.3 is 27.1 Å². The minimum atomic E-state index is -1.28. The average molecular weight is 1100 g/mol. The molecule has 448 valence electrons. The monoisotopic (exact) mass is 1100 g/mol. The van der Waals surface area contributed by atoms with E-state index in [0.717, 1.165) is 89.6 Å². The van der Waals surface area contributed by atoms with E-state index in [-0.39, 0.29) is 12.2 Å². The molecular weight excluding hydrogens is 963 g/mol. The second-order valence-corrected chi connectivity index (χ2v) is 27.3. The van der Waals surface area contributed by atoms with Gasteiger partial charge in [-0.15, -0.1) is 0 Å². The molecule has 0 aromatic carbocycles. The second-order valence-electron chi connectivity index (χ2n) is 24.9. The zero-order chi connectivity index (χ0) is 53.8. The summed E-state index contributed by atoms with van der Waals surface area (Å²) in [7, 11) is -2.57. The van der Waals surface area contributed by atoms with E-state index in [2.05, 4.69) is 41.5 Å². The molecule has 0 saturated heterocycles. The first-order chi connectivity index (χ1) is 36.9. The van der Waals surface area contributed by atoms with Crippen molar-refractivity contribution in [3.63, 3.8) is 0 Å². The molecule has 0 aliphatic heterocycles. The van der Waals surface area contributed by atoms with Crippen LogP contribution in [0.4, 0.5) is 0 Å². The summed E-state index contributed by atoms with van der Waals surface area (Å²) in [5.74, 6) is 1.47. The zero-order valence-corrected chi connectivity index (χ0v) is 53.5. The lowest BCUT2D eigenvalue weighted by Crippen LogP contribution is -2.38. The highest BCUT2D eigenvalue weighted by molar-refractivity contribution is 7.42. The van der Waals surface area contributed by atoms with Gasteiger partial charge in [0.15, 0.2) is 0 Å². The van der Waals surface area contributed by atoms with Gasteiger partial charge in [-0.25, -0.2) is 0 Å². The maximum Gasteiger partial charge on any atom is 0.332 e. The highest BCUT2D eigenvalue weighted by Crippen LogP contribution is 2.52. The quantitative estimate of drug-likeness (QED) is 0.0447. The molecule has 0 amide bonds. The highest BCUT2D eigenvalue weighted by Gasteiger charge is 2.41. The average Bonchev–Trinajstić information content (AvgIpc) is 3.42. The highest BCUT2D eigenvalue weighted by atomic mass is 31.2. The Morgan fingerprint density at radius 2 is 0.427 bits per heavy atom. The Balaban J connectivity index is 1.78. The smallest absolute Gasteiger partial charge is 0.312 e. The Labute approximate surface area is 473 Å². The van der Waals surface area contributed by atoms with Crippen LogP contribution < -0.4 is 0 Å². The first kappa shape index (κ1) is 71.7. The number of unbranched alkanes of at least 4 members (excludes halogenated alkanes) is 40. The van der Waals surface area contributed by atoms with Crippen molar-refractivity contribution in [2.75, 3.05) is 26.4 Å². The van der Waals surface area contributed by atoms with Crippen LogP contribution in [0.1, 0.15) is 375 Å². The van der Waals surface area contributed by atoms with Crippen LogP contribution in [0.15, 0.2) is 0 Å². The predicted octanol–water partition coefficient (Wildman–Crippen LogP) is 24.9. The molecule has 8 heteroatoms. The van der Waals surface area contributed by atoms with Gasteiger partial charge in [0.05, 0.1) is 38.6 Å². The number of hydrogen-bond donors (Lipinski definition) is 0. The van der Waals surface area contributed by atoms with Gasteiger partial charge in [-0.2, -0.15) is 0 Å². The van der Waals surface area contributed by atoms with Gasteiger partial charge in [0.1, 0.15) is 0 Å². The van der Waals surface area contributed by atoms with Gasteiger partial charge in [0.25, 0.3) is 0 Å². The van der Waals surface area contributed by atoms with E-state index in [1.54, 1.807) is 0 Å². The molecule has 0 radical (unpaired) electrons. The summed E-state index contributed by atoms with van der Waals surface area (Å²) in [5.41, 5.74) is 0.319. The number of rotatable bonds is 58. The van der Waals surface area contributed by atoms with Gasteiger partial charge in [-0.1, -0.05) is 298 Å². The van der Waals surface area contributed by atoms with E-state index in [0.29, 0.717) is 5.41 Å². The molecule has 2 rings (SSSR count). The van der Waals surface area contributed by atoms with Crippen molar-refractivity contribution in [1.82, 2.24) is 0 Å². The van der Waals surface area contributed by atoms with Crippen LogP contribution in [0, 0.1) is 17.3 Å². The molecule has 2 saturated carbocycles. The van der Waals surface area contributed by atoms with E-state index in [1.165, 1.54) is 283 Å². The minimum Gasteiger partial charge on any atom is -0.312 e. The van der Waals surface area contributed by atoms with Crippen LogP contribution >= 0.6 is 17.2 Å². The molecule has 0 N–H and O–H groups in total. The second kappa shape index (κ2) is 53.9. The maximum absolute atomic E-state index is 6.78. The van der Waals surface area contributed by atoms with Crippen LogP contribution in [-0.4, -0.2) is 38.6 Å². The maximum atomic E-state index is 6.78. The summed E-state index contributed by atoms with van der Waals surface area (Å²) in [6.45, 7) is 17.5. The molecule has 0 heterocycles. The van der Waals surface area contributed by atoms with Crippen LogP contribution in [0.2, 0.25) is 0 Å². The van der Waals surface area contributed by atoms with Crippen molar-refractivity contribution in [3.05, 3.63) is 0 Å². The van der Waals surface area contributed by atoms with Gasteiger partial charge >= 0.3 is 17.2 Å². The van der Waals surface area contributed by atoms with E-state index >= 15 is 0 Å². The molecule has 2 aliphatic carbocycles. The Morgan fingerprint density at radius 3 is 0.613 bits per heavy atom. The summed E-state index contributed by atoms with van der Waals surface area (Å²) in [6, 6.07) is 0. The topological polar surface area (TPSA) is 55.4 Å². The molecule has 0 spiro atoms. The molecule has 6 nitrogen and oxygen atoms in total. The molecule has 0 aromatic heterocycles. The molecule has 0 unspecified atom stereocenters. The fourth-order valence-electron chi connectivity index (χ4n) is 12.2. The SMILES string of the molecule is CCCCCCCCCCCCCOP(OCCCCCCCCCCCCC)OC1CCC(C(C)(C)C2CCC(OP(OCCCCCCCCCCCCC)OCCCCCCCCCCCCC)CC2)CC1. The number of hydrogen-bond acceptors (Lipinski definition) is 6. The van der Waals surface area contributed by atoms with Crippen LogP contribution in [-0.2, 0) is 27.1 Å². The lowest BCUT2D eigenvalue weighted by Gasteiger charge is -2.46. The molecule has 75 heavy (non-hydrogen) atoms. The van der Waals surface area contributed by atoms with Crippen molar-refractivity contribution < 1.29 is 27.1 Å². The lowest BCUT2D eigenvalue weighted by molar-refractivity contribution is 0.00223. The normalized spacial score (nSPS) is 18.6. The van der Waals surface area contributed by atoms with E-state index in [1.807, 2.05) is 0 Å². The predicted molar refractivity (Wildman–Crippen MR) is 331 cm³/mol. The Kier molecular flexibility index (Phi) is 51.5. The summed E-state index contributed by atoms with van der Waals surface area (Å²) in [6.07, 6.45) is 69.6. The van der Waals surface area contributed by atoms with Gasteiger partial charge in [-0.3, -0.25) is 0 Å². The first-order valence-corrected chi connectivity index (χ1v) is 36.6. The van der Waals surface area contributed by atoms with Crippen molar-refractivity contribution in [2.45, 2.75) is 388 Å². The summed E-state index contributed by atoms with van der Waals surface area (Å²) in [5, 5.41) is 0. The first-order valence-electron chi connectivity index (χ1n) is 34.4. The fraction of sp³-hybridized carbons (Fsp3) is 1.00. The molecule has 2 fully saturated rings. The van der Waals surface area contributed by atoms with E-state index in [4.69, 9.17) is 27.1 Å². The van der Waals surface area contributed by atoms with Crippen molar-refractivity contribution in [3.8, 4) is 0 Å². The van der Waals surface area contributed by atoms with Crippen LogP contribution in [0.25, 0.3) is 0 Å². The van der Waals surface area contributed by atoms with Crippen molar-refractivity contribution >= 4 is 17.2 Å². The molecular formula is C67H134O6P2. The molecule has 0 bridgehead atoms. The standard InChI is InChI=1S/C67H134O6P2/c1-7-11-15-19-23-27-31-35-39-43-47-59-68-74(69-60-48-44-40-36-32-28-24-20-16-12-8-2)72-65-55-51-63(52-56-65)67(5,6)64-53-57-66(58-54-64)73-75(70-61-49-45-41-37-33-29-25-21-17-13-9-3)71-62-50-46-42-38-34-30-26-22-18-14-10-4/h63-66H,7-62H2,1-6H3. The third-order valence-electron chi connectivity index (χ3n) is 17.7. The molecule has 0 aromatic rings. The third kappa shape index (κ3) is 42.2. The molecule has 2 aliphatic rings. The van der Waals surface area contributed by atoms with Crippen molar-refractivity contribution in [2.24, 2.45) is 17.3 Å². The Morgan fingerprint density at radius 1 is 0.253 bits per heavy atom. The minimum absolute atomic E-state index is 0.261. The Hall–Kier alpha value is 0.620. The summed E-state index contributed by atoms with van der Waals surface area (Å²) in [4.78, 5) is 0. The molecule has 0 atom stereocenters. The van der Waals surface area contributed by atoms with Crippen LogP contribution in [0.5, 0.6) is 0 Å². The third-order valence-corrected chi connectivity index (χ3v) is 20.2. The van der Waals surface area contributed by atoms with Gasteiger partial charge in [0.2, 0.25) is 0 Å². The fourth-order valence-corrected chi connectivity index (χ4v) is 14.6. The zero-order valence-electron chi connectivity index (χ0n) is 51.8. The van der Waals surface area contributed by atoms with Gasteiger partial charge in [-0.05, 0) is 94.3 Å². The lowest BCUT2D eigenvalue weighted by atomic mass is 9.60. The van der Waals surface area contributed by atoms with Crippen LogP contribution in [0.3, 0.4) is 0 Å². The Bertz CT molecular complexity index is 989. The summed E-state index contributed by atoms with van der Waals surface area (Å²) >= 11 is 0. The van der Waals surface area contributed by atoms with E-state index < -0.39 is 17.2 Å². The van der Waals surface area contributed by atoms with Gasteiger partial charge in [0, 0.05) is 0 Å². The van der Waals surface area contributed by atoms with Crippen molar-refractivity contribution in [1.29, 1.82) is 0 Å².